The molecule has 3 nitrogen and oxygen atoms in total. The monoisotopic (exact) mass is 274 g/mol. The molecule has 2 N–H and O–H groups in total. The maximum atomic E-state index is 11.4. The Morgan fingerprint density at radius 2 is 2.18 bits per heavy atom. The van der Waals surface area contributed by atoms with E-state index in [1.54, 1.807) is 0 Å². The van der Waals surface area contributed by atoms with Gasteiger partial charge in [-0.25, -0.2) is 0 Å². The molecule has 5 heteroatoms. The van der Waals surface area contributed by atoms with E-state index in [0.717, 1.165) is 4.34 Å². The molecule has 17 heavy (non-hydrogen) atoms. The van der Waals surface area contributed by atoms with Gasteiger partial charge in [-0.3, -0.25) is 4.79 Å². The van der Waals surface area contributed by atoms with Crippen molar-refractivity contribution in [3.05, 3.63) is 21.3 Å². The number of carbonyl (C=O) groups is 1. The second-order valence-corrected chi connectivity index (χ2v) is 5.87. The molecular weight excluding hydrogens is 256 g/mol. The molecule has 0 bridgehead atoms. The molecule has 1 amide bonds. The first-order valence-corrected chi connectivity index (χ1v) is 7.01. The lowest BCUT2D eigenvalue weighted by atomic mass is 10.2. The van der Waals surface area contributed by atoms with Crippen molar-refractivity contribution in [2.24, 2.45) is 0 Å². The molecule has 0 aliphatic rings. The number of hydrogen-bond donors (Lipinski definition) is 2. The van der Waals surface area contributed by atoms with Crippen LogP contribution in [0.4, 0.5) is 0 Å². The molecule has 96 valence electrons. The molecule has 0 aliphatic heterocycles. The number of thiophene rings is 1. The Morgan fingerprint density at radius 3 is 2.71 bits per heavy atom. The van der Waals surface area contributed by atoms with E-state index in [4.69, 9.17) is 11.6 Å². The van der Waals surface area contributed by atoms with Crippen molar-refractivity contribution < 1.29 is 4.79 Å². The second-order valence-electron chi connectivity index (χ2n) is 4.33. The van der Waals surface area contributed by atoms with Gasteiger partial charge in [0, 0.05) is 25.0 Å². The van der Waals surface area contributed by atoms with Gasteiger partial charge in [-0.2, -0.15) is 0 Å². The molecule has 0 saturated heterocycles. The number of nitrogens with one attached hydrogen (secondary N) is 2. The summed E-state index contributed by atoms with van der Waals surface area (Å²) in [6.45, 7) is 6.66. The van der Waals surface area contributed by atoms with Crippen molar-refractivity contribution in [1.29, 1.82) is 0 Å². The maximum Gasteiger partial charge on any atom is 0.221 e. The van der Waals surface area contributed by atoms with Crippen LogP contribution in [0.1, 0.15) is 38.8 Å². The Morgan fingerprint density at radius 1 is 1.47 bits per heavy atom. The van der Waals surface area contributed by atoms with Gasteiger partial charge < -0.3 is 10.6 Å². The van der Waals surface area contributed by atoms with Crippen LogP contribution in [0.25, 0.3) is 0 Å². The Kier molecular flexibility index (Phi) is 5.95. The number of hydrogen-bond acceptors (Lipinski definition) is 3. The highest BCUT2D eigenvalue weighted by molar-refractivity contribution is 7.14. The standard InChI is InChI=1S/C12H19ClN2OS/c1-8(2)15-12(16)4-5-14-9(3)10-6-11(13)17-7-10/h6-9,14H,4-5H2,1-3H3,(H,15,16). The molecular formula is C12H19ClN2OS. The molecule has 0 spiro atoms. The van der Waals surface area contributed by atoms with Crippen LogP contribution in [0.2, 0.25) is 4.34 Å². The summed E-state index contributed by atoms with van der Waals surface area (Å²) in [4.78, 5) is 11.4. The SMILES string of the molecule is CC(C)NC(=O)CCNC(C)c1csc(Cl)c1. The first-order chi connectivity index (χ1) is 7.99. The summed E-state index contributed by atoms with van der Waals surface area (Å²) >= 11 is 7.40. The smallest absolute Gasteiger partial charge is 0.221 e. The minimum absolute atomic E-state index is 0.0862. The zero-order valence-corrected chi connectivity index (χ0v) is 12.0. The minimum Gasteiger partial charge on any atom is -0.354 e. The average Bonchev–Trinajstić information content (AvgIpc) is 2.63. The molecule has 1 atom stereocenters. The topological polar surface area (TPSA) is 41.1 Å². The van der Waals surface area contributed by atoms with Gasteiger partial charge in [-0.05, 0) is 37.8 Å². The van der Waals surface area contributed by atoms with Crippen LogP contribution >= 0.6 is 22.9 Å². The molecule has 0 saturated carbocycles. The Labute approximate surface area is 112 Å². The third kappa shape index (κ3) is 5.52. The molecule has 0 fully saturated rings. The molecule has 1 aromatic heterocycles. The fraction of sp³-hybridized carbons (Fsp3) is 0.583. The van der Waals surface area contributed by atoms with Crippen LogP contribution < -0.4 is 10.6 Å². The van der Waals surface area contributed by atoms with Crippen molar-refractivity contribution in [1.82, 2.24) is 10.6 Å². The fourth-order valence-electron chi connectivity index (χ4n) is 1.46. The molecule has 1 heterocycles. The largest absolute Gasteiger partial charge is 0.354 e. The van der Waals surface area contributed by atoms with E-state index in [1.165, 1.54) is 16.9 Å². The van der Waals surface area contributed by atoms with Gasteiger partial charge in [-0.1, -0.05) is 11.6 Å². The van der Waals surface area contributed by atoms with Gasteiger partial charge >= 0.3 is 0 Å². The van der Waals surface area contributed by atoms with Crippen molar-refractivity contribution in [3.63, 3.8) is 0 Å². The predicted molar refractivity (Wildman–Crippen MR) is 73.6 cm³/mol. The number of carbonyl (C=O) groups excluding carboxylic acids is 1. The fourth-order valence-corrected chi connectivity index (χ4v) is 2.45. The van der Waals surface area contributed by atoms with Gasteiger partial charge in [0.1, 0.15) is 0 Å². The van der Waals surface area contributed by atoms with Gasteiger partial charge in [0.2, 0.25) is 5.91 Å². The van der Waals surface area contributed by atoms with Crippen molar-refractivity contribution in [2.45, 2.75) is 39.3 Å². The highest BCUT2D eigenvalue weighted by Gasteiger charge is 2.08. The predicted octanol–water partition coefficient (Wildman–Crippen LogP) is 2.97. The number of rotatable bonds is 6. The van der Waals surface area contributed by atoms with Gasteiger partial charge in [0.15, 0.2) is 0 Å². The summed E-state index contributed by atoms with van der Waals surface area (Å²) in [7, 11) is 0. The lowest BCUT2D eigenvalue weighted by Gasteiger charge is -2.13. The van der Waals surface area contributed by atoms with Crippen molar-refractivity contribution in [2.75, 3.05) is 6.54 Å². The quantitative estimate of drug-likeness (QED) is 0.837. The van der Waals surface area contributed by atoms with Crippen LogP contribution in [0.5, 0.6) is 0 Å². The van der Waals surface area contributed by atoms with E-state index in [1.807, 2.05) is 25.3 Å². The van der Waals surface area contributed by atoms with Gasteiger partial charge in [0.05, 0.1) is 4.34 Å². The Balaban J connectivity index is 2.25. The third-order valence-electron chi connectivity index (χ3n) is 2.34. The van der Waals surface area contributed by atoms with Crippen molar-refractivity contribution >= 4 is 28.8 Å². The summed E-state index contributed by atoms with van der Waals surface area (Å²) in [6, 6.07) is 2.39. The van der Waals surface area contributed by atoms with E-state index < -0.39 is 0 Å². The van der Waals surface area contributed by atoms with Crippen LogP contribution in [-0.4, -0.2) is 18.5 Å². The Bertz CT molecular complexity index is 365. The molecule has 0 aromatic carbocycles. The molecule has 1 aromatic rings. The summed E-state index contributed by atoms with van der Waals surface area (Å²) in [6.07, 6.45) is 0.500. The summed E-state index contributed by atoms with van der Waals surface area (Å²) in [5.41, 5.74) is 1.17. The number of halogens is 1. The van der Waals surface area contributed by atoms with Crippen LogP contribution in [0, 0.1) is 0 Å². The van der Waals surface area contributed by atoms with Crippen LogP contribution in [0.15, 0.2) is 11.4 Å². The normalized spacial score (nSPS) is 12.8. The van der Waals surface area contributed by atoms with E-state index in [0.29, 0.717) is 13.0 Å². The molecule has 0 aliphatic carbocycles. The summed E-state index contributed by atoms with van der Waals surface area (Å²) in [5, 5.41) is 8.20. The Hall–Kier alpha value is -0.580. The molecule has 1 rings (SSSR count). The lowest BCUT2D eigenvalue weighted by molar-refractivity contribution is -0.121. The lowest BCUT2D eigenvalue weighted by Crippen LogP contribution is -2.33. The average molecular weight is 275 g/mol. The van der Waals surface area contributed by atoms with Gasteiger partial charge in [0.25, 0.3) is 0 Å². The van der Waals surface area contributed by atoms with Crippen LogP contribution in [-0.2, 0) is 4.79 Å². The highest BCUT2D eigenvalue weighted by atomic mass is 35.5. The summed E-state index contributed by atoms with van der Waals surface area (Å²) < 4.78 is 0.797. The van der Waals surface area contributed by atoms with E-state index in [2.05, 4.69) is 17.6 Å². The number of amides is 1. The van der Waals surface area contributed by atoms with Crippen molar-refractivity contribution in [3.8, 4) is 0 Å². The zero-order chi connectivity index (χ0) is 12.8. The first-order valence-electron chi connectivity index (χ1n) is 5.75. The van der Waals surface area contributed by atoms with Crippen LogP contribution in [0.3, 0.4) is 0 Å². The summed E-state index contributed by atoms with van der Waals surface area (Å²) in [5.74, 6) is 0.0862. The van der Waals surface area contributed by atoms with Gasteiger partial charge in [-0.15, -0.1) is 11.3 Å². The maximum absolute atomic E-state index is 11.4. The highest BCUT2D eigenvalue weighted by Crippen LogP contribution is 2.24. The minimum atomic E-state index is 0.0862. The second kappa shape index (κ2) is 6.99. The molecule has 1 unspecified atom stereocenters. The zero-order valence-electron chi connectivity index (χ0n) is 10.4. The van der Waals surface area contributed by atoms with E-state index in [-0.39, 0.29) is 18.0 Å². The third-order valence-corrected chi connectivity index (χ3v) is 3.45. The van der Waals surface area contributed by atoms with E-state index in [9.17, 15) is 4.79 Å². The first kappa shape index (κ1) is 14.5. The van der Waals surface area contributed by atoms with E-state index >= 15 is 0 Å². The molecule has 0 radical (unpaired) electrons.